The third-order valence-electron chi connectivity index (χ3n) is 6.58. The Labute approximate surface area is 262 Å². The quantitative estimate of drug-likeness (QED) is 0.102. The molecule has 258 valence electrons. The third kappa shape index (κ3) is 35.5. The normalized spacial score (nSPS) is 11.4. The molecule has 0 bridgehead atoms. The molecular weight excluding hydrogens is 558 g/mol. The van der Waals surface area contributed by atoms with Crippen molar-refractivity contribution in [3.8, 4) is 0 Å². The molecule has 1 N–H and O–H groups in total. The molecule has 0 aromatic heterocycles. The number of aliphatic hydroxyl groups excluding tert-OH is 1. The van der Waals surface area contributed by atoms with Crippen LogP contribution < -0.4 is 0 Å². The summed E-state index contributed by atoms with van der Waals surface area (Å²) in [5, 5.41) is 8.58. The van der Waals surface area contributed by atoms with Gasteiger partial charge in [-0.05, 0) is 6.42 Å². The molecule has 0 aliphatic rings. The molecule has 0 saturated carbocycles. The van der Waals surface area contributed by atoms with E-state index in [9.17, 15) is 4.79 Å². The molecule has 0 rings (SSSR count). The maximum Gasteiger partial charge on any atom is 0.222 e. The van der Waals surface area contributed by atoms with Gasteiger partial charge in [0, 0.05) is 20.0 Å². The molecule has 0 spiro atoms. The summed E-state index contributed by atoms with van der Waals surface area (Å²) >= 11 is 0. The topological polar surface area (TPSA) is 114 Å². The van der Waals surface area contributed by atoms with E-state index in [-0.39, 0.29) is 12.5 Å². The highest BCUT2D eigenvalue weighted by Crippen LogP contribution is 2.11. The molecule has 0 aliphatic carbocycles. The first-order valence-corrected chi connectivity index (χ1v) is 16.7. The van der Waals surface area contributed by atoms with Crippen LogP contribution in [0, 0.1) is 0 Å². The summed E-state index contributed by atoms with van der Waals surface area (Å²) < 4.78 is 43.3. The van der Waals surface area contributed by atoms with Crippen LogP contribution >= 0.6 is 0 Å². The minimum atomic E-state index is 0.0272. The number of carbonyl (C=O) groups is 1. The van der Waals surface area contributed by atoms with E-state index in [2.05, 4.69) is 6.92 Å². The van der Waals surface area contributed by atoms with E-state index in [1.807, 2.05) is 7.05 Å². The zero-order valence-corrected chi connectivity index (χ0v) is 27.6. The van der Waals surface area contributed by atoms with E-state index < -0.39 is 0 Å². The summed E-state index contributed by atoms with van der Waals surface area (Å²) in [4.78, 5) is 14.0. The summed E-state index contributed by atoms with van der Waals surface area (Å²) in [6.07, 6.45) is 13.4. The number of rotatable bonds is 37. The third-order valence-corrected chi connectivity index (χ3v) is 6.58. The molecule has 0 unspecified atom stereocenters. The van der Waals surface area contributed by atoms with Crippen molar-refractivity contribution in [1.82, 2.24) is 4.90 Å². The highest BCUT2D eigenvalue weighted by molar-refractivity contribution is 5.75. The Morgan fingerprint density at radius 3 is 1.12 bits per heavy atom. The van der Waals surface area contributed by atoms with Crippen LogP contribution in [0.4, 0.5) is 0 Å². The molecule has 0 heterocycles. The summed E-state index contributed by atoms with van der Waals surface area (Å²) in [6.45, 7) is 10.8. The first-order chi connectivity index (χ1) is 21.2. The number of hydrogen-bond donors (Lipinski definition) is 1. The van der Waals surface area contributed by atoms with Gasteiger partial charge in [0.15, 0.2) is 0 Å². The second kappa shape index (κ2) is 37.3. The lowest BCUT2D eigenvalue weighted by molar-refractivity contribution is -0.130. The van der Waals surface area contributed by atoms with Gasteiger partial charge in [0.2, 0.25) is 5.91 Å². The van der Waals surface area contributed by atoms with Crippen LogP contribution in [0.2, 0.25) is 0 Å². The fourth-order valence-electron chi connectivity index (χ4n) is 3.99. The van der Waals surface area contributed by atoms with Crippen molar-refractivity contribution >= 4 is 5.91 Å². The number of ether oxygens (including phenoxy) is 8. The van der Waals surface area contributed by atoms with E-state index in [4.69, 9.17) is 43.0 Å². The largest absolute Gasteiger partial charge is 0.394 e. The molecule has 1 amide bonds. The Morgan fingerprint density at radius 1 is 0.465 bits per heavy atom. The first kappa shape index (κ1) is 42.1. The minimum Gasteiger partial charge on any atom is -0.394 e. The van der Waals surface area contributed by atoms with Crippen LogP contribution in [0.1, 0.15) is 77.6 Å². The van der Waals surface area contributed by atoms with Gasteiger partial charge in [-0.25, -0.2) is 0 Å². The van der Waals surface area contributed by atoms with Crippen molar-refractivity contribution in [1.29, 1.82) is 0 Å². The lowest BCUT2D eigenvalue weighted by Crippen LogP contribution is -2.30. The summed E-state index contributed by atoms with van der Waals surface area (Å²) in [6, 6.07) is 0. The Bertz CT molecular complexity index is 544. The molecule has 0 aliphatic heterocycles. The van der Waals surface area contributed by atoms with E-state index in [0.717, 1.165) is 12.8 Å². The number of hydrogen-bond acceptors (Lipinski definition) is 10. The van der Waals surface area contributed by atoms with Crippen molar-refractivity contribution < 1.29 is 47.8 Å². The number of likely N-dealkylation sites (N-methyl/N-ethyl adjacent to an activating group) is 1. The van der Waals surface area contributed by atoms with Crippen LogP contribution in [0.3, 0.4) is 0 Å². The van der Waals surface area contributed by atoms with Crippen LogP contribution in [0.15, 0.2) is 0 Å². The van der Waals surface area contributed by atoms with Crippen molar-refractivity contribution in [2.45, 2.75) is 77.6 Å². The van der Waals surface area contributed by atoms with Gasteiger partial charge in [0.25, 0.3) is 0 Å². The highest BCUT2D eigenvalue weighted by Gasteiger charge is 2.08. The molecule has 0 radical (unpaired) electrons. The molecule has 0 saturated heterocycles. The molecule has 0 aromatic carbocycles. The standard InChI is InChI=1S/C32H65NO10/c1-3-4-5-6-7-8-9-10-11-12-13-32(35)33(2)14-16-36-18-20-38-22-24-40-26-28-42-30-31-43-29-27-41-25-23-39-21-19-37-17-15-34/h34H,3-31H2,1-2H3. The monoisotopic (exact) mass is 623 g/mol. The Balaban J connectivity index is 3.21. The second-order valence-corrected chi connectivity index (χ2v) is 10.4. The number of amides is 1. The first-order valence-electron chi connectivity index (χ1n) is 16.7. The van der Waals surface area contributed by atoms with Crippen molar-refractivity contribution in [3.05, 3.63) is 0 Å². The fourth-order valence-corrected chi connectivity index (χ4v) is 3.99. The SMILES string of the molecule is CCCCCCCCCCCCC(=O)N(C)CCOCCOCCOCCOCCOCCOCCOCCOCCO. The number of carbonyl (C=O) groups excluding carboxylic acids is 1. The number of aliphatic hydroxyl groups is 1. The zero-order valence-electron chi connectivity index (χ0n) is 27.6. The predicted octanol–water partition coefficient (Wildman–Crippen LogP) is 3.88. The van der Waals surface area contributed by atoms with Gasteiger partial charge in [-0.3, -0.25) is 4.79 Å². The summed E-state index contributed by atoms with van der Waals surface area (Å²) in [5.74, 6) is 0.203. The van der Waals surface area contributed by atoms with Gasteiger partial charge in [-0.15, -0.1) is 0 Å². The highest BCUT2D eigenvalue weighted by atomic mass is 16.6. The fraction of sp³-hybridized carbons (Fsp3) is 0.969. The van der Waals surface area contributed by atoms with Crippen molar-refractivity contribution in [2.75, 3.05) is 126 Å². The lowest BCUT2D eigenvalue weighted by atomic mass is 10.1. The predicted molar refractivity (Wildman–Crippen MR) is 168 cm³/mol. The van der Waals surface area contributed by atoms with Gasteiger partial charge in [-0.1, -0.05) is 64.7 Å². The average Bonchev–Trinajstić information content (AvgIpc) is 3.01. The van der Waals surface area contributed by atoms with Crippen molar-refractivity contribution in [3.63, 3.8) is 0 Å². The van der Waals surface area contributed by atoms with Crippen LogP contribution in [-0.4, -0.2) is 142 Å². The van der Waals surface area contributed by atoms with Gasteiger partial charge in [-0.2, -0.15) is 0 Å². The van der Waals surface area contributed by atoms with Crippen LogP contribution in [0.25, 0.3) is 0 Å². The Hall–Kier alpha value is -0.890. The second-order valence-electron chi connectivity index (χ2n) is 10.4. The molecule has 0 fully saturated rings. The van der Waals surface area contributed by atoms with E-state index >= 15 is 0 Å². The summed E-state index contributed by atoms with van der Waals surface area (Å²) in [5.41, 5.74) is 0. The average molecular weight is 624 g/mol. The van der Waals surface area contributed by atoms with E-state index in [0.29, 0.717) is 119 Å². The summed E-state index contributed by atoms with van der Waals surface area (Å²) in [7, 11) is 1.85. The number of nitrogens with zero attached hydrogens (tertiary/aromatic N) is 1. The van der Waals surface area contributed by atoms with Gasteiger partial charge in [0.1, 0.15) is 0 Å². The number of unbranched alkanes of at least 4 members (excludes halogenated alkanes) is 9. The molecular formula is C32H65NO10. The van der Waals surface area contributed by atoms with Crippen molar-refractivity contribution in [2.24, 2.45) is 0 Å². The maximum atomic E-state index is 12.2. The Morgan fingerprint density at radius 2 is 0.767 bits per heavy atom. The molecule has 11 nitrogen and oxygen atoms in total. The van der Waals surface area contributed by atoms with Gasteiger partial charge >= 0.3 is 0 Å². The molecule has 0 aromatic rings. The molecule has 0 atom stereocenters. The van der Waals surface area contributed by atoms with E-state index in [1.54, 1.807) is 4.90 Å². The lowest BCUT2D eigenvalue weighted by Gasteiger charge is -2.17. The van der Waals surface area contributed by atoms with Crippen LogP contribution in [-0.2, 0) is 42.7 Å². The molecule has 43 heavy (non-hydrogen) atoms. The van der Waals surface area contributed by atoms with Crippen LogP contribution in [0.5, 0.6) is 0 Å². The van der Waals surface area contributed by atoms with Gasteiger partial charge in [0.05, 0.1) is 112 Å². The van der Waals surface area contributed by atoms with E-state index in [1.165, 1.54) is 51.4 Å². The maximum absolute atomic E-state index is 12.2. The van der Waals surface area contributed by atoms with Gasteiger partial charge < -0.3 is 47.9 Å². The minimum absolute atomic E-state index is 0.0272. The molecule has 11 heteroatoms. The Kier molecular flexibility index (Phi) is 36.5. The smallest absolute Gasteiger partial charge is 0.222 e. The zero-order chi connectivity index (χ0) is 31.3.